The molecule has 2 aromatic rings. The van der Waals surface area contributed by atoms with Gasteiger partial charge >= 0.3 is 6.09 Å². The van der Waals surface area contributed by atoms with E-state index in [2.05, 4.69) is 38.3 Å². The Morgan fingerprint density at radius 1 is 1.35 bits per heavy atom. The molecule has 0 aliphatic carbocycles. The fourth-order valence-electron chi connectivity index (χ4n) is 2.70. The molecule has 1 aliphatic heterocycles. The standard InChI is InChI=1S/C18H22BrN3O3S/c1-18(2,3)25-17(23)22-10-4-5-14(22)15-20-21-16(24-15)26-11-12-6-8-13(19)9-7-12/h6-9,14H,4-5,10-11H2,1-3H3/t14-/m1/s1. The molecule has 0 N–H and O–H groups in total. The maximum atomic E-state index is 12.4. The Kier molecular flexibility index (Phi) is 5.92. The first-order chi connectivity index (χ1) is 12.3. The van der Waals surface area contributed by atoms with Crippen LogP contribution in [0.4, 0.5) is 4.79 Å². The van der Waals surface area contributed by atoms with Gasteiger partial charge in [-0.25, -0.2) is 4.79 Å². The average molecular weight is 440 g/mol. The van der Waals surface area contributed by atoms with Crippen LogP contribution in [0.5, 0.6) is 0 Å². The molecule has 0 unspecified atom stereocenters. The van der Waals surface area contributed by atoms with Crippen molar-refractivity contribution in [2.45, 2.75) is 56.2 Å². The van der Waals surface area contributed by atoms with Crippen LogP contribution in [-0.4, -0.2) is 33.3 Å². The molecule has 1 saturated heterocycles. The van der Waals surface area contributed by atoms with E-state index in [1.807, 2.05) is 32.9 Å². The Bertz CT molecular complexity index is 758. The first kappa shape index (κ1) is 19.2. The van der Waals surface area contributed by atoms with Gasteiger partial charge in [0, 0.05) is 16.8 Å². The highest BCUT2D eigenvalue weighted by Crippen LogP contribution is 2.34. The molecule has 1 fully saturated rings. The van der Waals surface area contributed by atoms with Crippen molar-refractivity contribution in [3.8, 4) is 0 Å². The number of likely N-dealkylation sites (tertiary alicyclic amines) is 1. The zero-order valence-electron chi connectivity index (χ0n) is 15.1. The topological polar surface area (TPSA) is 68.5 Å². The van der Waals surface area contributed by atoms with Crippen molar-refractivity contribution in [3.63, 3.8) is 0 Å². The van der Waals surface area contributed by atoms with Gasteiger partial charge in [0.15, 0.2) is 0 Å². The van der Waals surface area contributed by atoms with Gasteiger partial charge in [-0.3, -0.25) is 4.90 Å². The third-order valence-electron chi connectivity index (χ3n) is 3.86. The van der Waals surface area contributed by atoms with Crippen molar-refractivity contribution in [1.29, 1.82) is 0 Å². The summed E-state index contributed by atoms with van der Waals surface area (Å²) in [5, 5.41) is 8.79. The Morgan fingerprint density at radius 3 is 2.77 bits per heavy atom. The van der Waals surface area contributed by atoms with Crippen LogP contribution >= 0.6 is 27.7 Å². The van der Waals surface area contributed by atoms with Gasteiger partial charge in [0.1, 0.15) is 11.6 Å². The fourth-order valence-corrected chi connectivity index (χ4v) is 3.69. The number of aromatic nitrogens is 2. The van der Waals surface area contributed by atoms with E-state index in [0.29, 0.717) is 17.7 Å². The van der Waals surface area contributed by atoms with E-state index in [1.54, 1.807) is 4.90 Å². The minimum Gasteiger partial charge on any atom is -0.444 e. The first-order valence-electron chi connectivity index (χ1n) is 8.52. The molecule has 1 aliphatic rings. The molecule has 0 saturated carbocycles. The number of benzene rings is 1. The molecular formula is C18H22BrN3O3S. The number of ether oxygens (including phenoxy) is 1. The summed E-state index contributed by atoms with van der Waals surface area (Å²) in [5.41, 5.74) is 0.652. The molecular weight excluding hydrogens is 418 g/mol. The van der Waals surface area contributed by atoms with Crippen LogP contribution in [0.3, 0.4) is 0 Å². The quantitative estimate of drug-likeness (QED) is 0.609. The number of hydrogen-bond acceptors (Lipinski definition) is 6. The number of amides is 1. The van der Waals surface area contributed by atoms with E-state index in [4.69, 9.17) is 9.15 Å². The van der Waals surface area contributed by atoms with Gasteiger partial charge in [0.2, 0.25) is 5.89 Å². The van der Waals surface area contributed by atoms with Gasteiger partial charge in [-0.15, -0.1) is 10.2 Å². The zero-order chi connectivity index (χ0) is 18.7. The molecule has 1 amide bonds. The van der Waals surface area contributed by atoms with Gasteiger partial charge in [-0.1, -0.05) is 39.8 Å². The fraction of sp³-hybridized carbons (Fsp3) is 0.500. The van der Waals surface area contributed by atoms with Crippen molar-refractivity contribution in [3.05, 3.63) is 40.2 Å². The number of hydrogen-bond donors (Lipinski definition) is 0. The van der Waals surface area contributed by atoms with Crippen LogP contribution in [0.1, 0.15) is 51.1 Å². The number of carbonyl (C=O) groups excluding carboxylic acids is 1. The van der Waals surface area contributed by atoms with Crippen molar-refractivity contribution in [1.82, 2.24) is 15.1 Å². The van der Waals surface area contributed by atoms with Crippen molar-refractivity contribution in [2.75, 3.05) is 6.54 Å². The Morgan fingerprint density at radius 2 is 2.08 bits per heavy atom. The summed E-state index contributed by atoms with van der Waals surface area (Å²) < 4.78 is 12.3. The van der Waals surface area contributed by atoms with E-state index in [-0.39, 0.29) is 12.1 Å². The number of carbonyl (C=O) groups is 1. The minimum atomic E-state index is -0.523. The predicted molar refractivity (Wildman–Crippen MR) is 103 cm³/mol. The van der Waals surface area contributed by atoms with Gasteiger partial charge in [-0.05, 0) is 51.3 Å². The molecule has 0 bridgehead atoms. The first-order valence-corrected chi connectivity index (χ1v) is 10.3. The lowest BCUT2D eigenvalue weighted by atomic mass is 10.2. The summed E-state index contributed by atoms with van der Waals surface area (Å²) in [4.78, 5) is 14.1. The van der Waals surface area contributed by atoms with E-state index < -0.39 is 5.60 Å². The highest BCUT2D eigenvalue weighted by Gasteiger charge is 2.36. The third-order valence-corrected chi connectivity index (χ3v) is 5.28. The summed E-state index contributed by atoms with van der Waals surface area (Å²) in [6.45, 7) is 6.22. The molecule has 3 rings (SSSR count). The molecule has 8 heteroatoms. The summed E-state index contributed by atoms with van der Waals surface area (Å²) >= 11 is 4.92. The molecule has 1 aromatic carbocycles. The highest BCUT2D eigenvalue weighted by atomic mass is 79.9. The molecule has 0 radical (unpaired) electrons. The average Bonchev–Trinajstić information content (AvgIpc) is 3.21. The highest BCUT2D eigenvalue weighted by molar-refractivity contribution is 9.10. The van der Waals surface area contributed by atoms with Crippen molar-refractivity contribution < 1.29 is 13.9 Å². The molecule has 2 heterocycles. The summed E-state index contributed by atoms with van der Waals surface area (Å²) in [6, 6.07) is 7.91. The van der Waals surface area contributed by atoms with Gasteiger partial charge < -0.3 is 9.15 Å². The minimum absolute atomic E-state index is 0.209. The predicted octanol–water partition coefficient (Wildman–Crippen LogP) is 5.20. The largest absolute Gasteiger partial charge is 0.444 e. The second-order valence-electron chi connectivity index (χ2n) is 7.15. The van der Waals surface area contributed by atoms with Crippen LogP contribution in [0.15, 0.2) is 38.4 Å². The van der Waals surface area contributed by atoms with Crippen LogP contribution in [0.2, 0.25) is 0 Å². The zero-order valence-corrected chi connectivity index (χ0v) is 17.5. The SMILES string of the molecule is CC(C)(C)OC(=O)N1CCC[C@@H]1c1nnc(SCc2ccc(Br)cc2)o1. The van der Waals surface area contributed by atoms with Crippen LogP contribution in [0, 0.1) is 0 Å². The maximum Gasteiger partial charge on any atom is 0.410 e. The summed E-state index contributed by atoms with van der Waals surface area (Å²) in [6.07, 6.45) is 1.37. The number of halogens is 1. The molecule has 6 nitrogen and oxygen atoms in total. The van der Waals surface area contributed by atoms with Crippen molar-refractivity contribution in [2.24, 2.45) is 0 Å². The van der Waals surface area contributed by atoms with Crippen molar-refractivity contribution >= 4 is 33.8 Å². The summed E-state index contributed by atoms with van der Waals surface area (Å²) in [7, 11) is 0. The van der Waals surface area contributed by atoms with Crippen LogP contribution < -0.4 is 0 Å². The Labute approximate surface area is 165 Å². The molecule has 26 heavy (non-hydrogen) atoms. The van der Waals surface area contributed by atoms with E-state index in [9.17, 15) is 4.79 Å². The number of rotatable bonds is 4. The third kappa shape index (κ3) is 5.01. The normalized spacial score (nSPS) is 17.5. The summed E-state index contributed by atoms with van der Waals surface area (Å²) in [5.74, 6) is 1.22. The van der Waals surface area contributed by atoms with Gasteiger partial charge in [-0.2, -0.15) is 0 Å². The lowest BCUT2D eigenvalue weighted by Crippen LogP contribution is -2.36. The number of thioether (sulfide) groups is 1. The van der Waals surface area contributed by atoms with Crippen LogP contribution in [-0.2, 0) is 10.5 Å². The maximum absolute atomic E-state index is 12.4. The van der Waals surface area contributed by atoms with E-state index in [1.165, 1.54) is 17.3 Å². The Balaban J connectivity index is 1.62. The lowest BCUT2D eigenvalue weighted by Gasteiger charge is -2.27. The second-order valence-corrected chi connectivity index (χ2v) is 9.00. The molecule has 0 spiro atoms. The van der Waals surface area contributed by atoms with Crippen LogP contribution in [0.25, 0.3) is 0 Å². The molecule has 1 atom stereocenters. The monoisotopic (exact) mass is 439 g/mol. The second kappa shape index (κ2) is 8.00. The smallest absolute Gasteiger partial charge is 0.410 e. The van der Waals surface area contributed by atoms with E-state index >= 15 is 0 Å². The lowest BCUT2D eigenvalue weighted by molar-refractivity contribution is 0.0201. The van der Waals surface area contributed by atoms with Gasteiger partial charge in [0.05, 0.1) is 0 Å². The van der Waals surface area contributed by atoms with E-state index in [0.717, 1.165) is 23.1 Å². The molecule has 1 aromatic heterocycles. The Hall–Kier alpha value is -1.54. The number of nitrogens with zero attached hydrogens (tertiary/aromatic N) is 3. The van der Waals surface area contributed by atoms with Gasteiger partial charge in [0.25, 0.3) is 5.22 Å². The molecule has 140 valence electrons.